The zero-order chi connectivity index (χ0) is 40.6. The molecule has 0 bridgehead atoms. The molecule has 0 unspecified atom stereocenters. The van der Waals surface area contributed by atoms with Crippen molar-refractivity contribution in [2.75, 3.05) is 31.5 Å². The fourth-order valence-corrected chi connectivity index (χ4v) is 10.8. The van der Waals surface area contributed by atoms with Gasteiger partial charge in [-0.05, 0) is 110 Å². The number of carbonyl (C=O) groups excluding carboxylic acids is 1. The summed E-state index contributed by atoms with van der Waals surface area (Å²) in [4.78, 5) is 31.5. The topological polar surface area (TPSA) is 154 Å². The number of rotatable bonds is 10. The number of hydrogen-bond acceptors (Lipinski definition) is 11. The molecule has 10 rings (SSSR count). The summed E-state index contributed by atoms with van der Waals surface area (Å²) in [6.45, 7) is 5.24. The molecule has 12 nitrogen and oxygen atoms in total. The Hall–Kier alpha value is -4.99. The fraction of sp³-hybridized carbons (Fsp3) is 0.364. The molecule has 59 heavy (non-hydrogen) atoms. The number of hydrogen-bond donors (Lipinski definition) is 3. The van der Waals surface area contributed by atoms with Crippen LogP contribution in [-0.2, 0) is 27.8 Å². The van der Waals surface area contributed by atoms with Crippen molar-refractivity contribution in [3.8, 4) is 22.6 Å². The highest BCUT2D eigenvalue weighted by atomic mass is 35.5. The molecule has 0 spiro atoms. The maximum Gasteiger partial charge on any atom is 0.237 e. The van der Waals surface area contributed by atoms with Gasteiger partial charge in [-0.15, -0.1) is 0 Å². The number of anilines is 2. The van der Waals surface area contributed by atoms with E-state index in [1.165, 1.54) is 0 Å². The number of fused-ring (bicyclic) bond motifs is 3. The SMILES string of the molecule is Cc1c(-c2nc3cc4c(c(F)c3o2)CC[C@H]4N2CC[C@@H](C(=O)NS(=O)(=O)C3CC3)C2)cccc1-c1cccc(Nc2nccc3cc(CN4CC[C@@H](O)C4)cnc23)c1Cl. The van der Waals surface area contributed by atoms with Gasteiger partial charge in [0.05, 0.1) is 28.0 Å². The van der Waals surface area contributed by atoms with Crippen molar-refractivity contribution in [2.24, 2.45) is 5.92 Å². The number of nitrogens with one attached hydrogen (secondary N) is 2. The lowest BCUT2D eigenvalue weighted by Crippen LogP contribution is -2.38. The zero-order valence-electron chi connectivity index (χ0n) is 32.4. The quantitative estimate of drug-likeness (QED) is 0.126. The Labute approximate surface area is 345 Å². The van der Waals surface area contributed by atoms with Crippen LogP contribution in [0.5, 0.6) is 0 Å². The Balaban J connectivity index is 0.895. The van der Waals surface area contributed by atoms with Gasteiger partial charge in [0, 0.05) is 61.1 Å². The first-order chi connectivity index (χ1) is 28.5. The van der Waals surface area contributed by atoms with E-state index < -0.39 is 32.9 Å². The molecule has 304 valence electrons. The number of aliphatic hydroxyl groups excluding tert-OH is 1. The number of halogens is 2. The van der Waals surface area contributed by atoms with Crippen molar-refractivity contribution < 1.29 is 27.1 Å². The second-order valence-electron chi connectivity index (χ2n) is 16.4. The molecule has 4 aliphatic rings. The highest BCUT2D eigenvalue weighted by Gasteiger charge is 2.41. The maximum atomic E-state index is 16.2. The average molecular weight is 836 g/mol. The van der Waals surface area contributed by atoms with E-state index in [-0.39, 0.29) is 17.7 Å². The molecule has 1 saturated carbocycles. The van der Waals surface area contributed by atoms with Gasteiger partial charge in [-0.2, -0.15) is 0 Å². The number of β-amino-alcohol motifs (C(OH)–C–C–N with tert-alkyl or cyclic N) is 1. The number of likely N-dealkylation sites (tertiary alicyclic amines) is 2. The van der Waals surface area contributed by atoms with E-state index in [0.717, 1.165) is 52.7 Å². The highest BCUT2D eigenvalue weighted by molar-refractivity contribution is 7.90. The molecule has 2 saturated heterocycles. The lowest BCUT2D eigenvalue weighted by Gasteiger charge is -2.24. The molecule has 3 aromatic carbocycles. The summed E-state index contributed by atoms with van der Waals surface area (Å²) in [7, 11) is -3.61. The number of aromatic nitrogens is 3. The normalized spacial score (nSPS) is 21.1. The lowest BCUT2D eigenvalue weighted by atomic mass is 9.96. The third-order valence-electron chi connectivity index (χ3n) is 12.4. The summed E-state index contributed by atoms with van der Waals surface area (Å²) in [5.74, 6) is -0.441. The molecule has 6 aromatic rings. The van der Waals surface area contributed by atoms with Gasteiger partial charge in [0.1, 0.15) is 11.0 Å². The second kappa shape index (κ2) is 14.9. The van der Waals surface area contributed by atoms with Gasteiger partial charge in [-0.25, -0.2) is 22.8 Å². The summed E-state index contributed by atoms with van der Waals surface area (Å²) in [5, 5.41) is 14.3. The Bertz CT molecular complexity index is 2780. The van der Waals surface area contributed by atoms with Crippen molar-refractivity contribution >= 4 is 61.0 Å². The van der Waals surface area contributed by atoms with E-state index in [1.807, 2.05) is 61.7 Å². The maximum absolute atomic E-state index is 16.2. The highest BCUT2D eigenvalue weighted by Crippen LogP contribution is 2.44. The minimum atomic E-state index is -3.61. The Morgan fingerprint density at radius 2 is 1.81 bits per heavy atom. The third kappa shape index (κ3) is 7.14. The van der Waals surface area contributed by atoms with Crippen LogP contribution in [0.3, 0.4) is 0 Å². The molecule has 15 heteroatoms. The smallest absolute Gasteiger partial charge is 0.237 e. The van der Waals surface area contributed by atoms with Crippen LogP contribution in [0.15, 0.2) is 71.4 Å². The number of carbonyl (C=O) groups is 1. The number of oxazole rings is 1. The summed E-state index contributed by atoms with van der Waals surface area (Å²) in [6, 6.07) is 17.4. The van der Waals surface area contributed by atoms with Crippen LogP contribution in [-0.4, -0.2) is 81.7 Å². The van der Waals surface area contributed by atoms with Gasteiger partial charge in [0.25, 0.3) is 0 Å². The number of amides is 1. The fourth-order valence-electron chi connectivity index (χ4n) is 9.16. The van der Waals surface area contributed by atoms with Crippen LogP contribution in [0.1, 0.15) is 60.4 Å². The summed E-state index contributed by atoms with van der Waals surface area (Å²) >= 11 is 7.15. The van der Waals surface area contributed by atoms with Crippen LogP contribution < -0.4 is 10.0 Å². The van der Waals surface area contributed by atoms with Gasteiger partial charge in [0.15, 0.2) is 17.2 Å². The molecule has 3 fully saturated rings. The first-order valence-electron chi connectivity index (χ1n) is 20.2. The molecule has 1 amide bonds. The number of pyridine rings is 2. The van der Waals surface area contributed by atoms with Crippen LogP contribution in [0.4, 0.5) is 15.9 Å². The van der Waals surface area contributed by atoms with Gasteiger partial charge in [-0.1, -0.05) is 35.9 Å². The van der Waals surface area contributed by atoms with E-state index >= 15 is 4.39 Å². The Kier molecular flexibility index (Phi) is 9.67. The first-order valence-corrected chi connectivity index (χ1v) is 22.1. The van der Waals surface area contributed by atoms with Crippen LogP contribution in [0, 0.1) is 18.7 Å². The summed E-state index contributed by atoms with van der Waals surface area (Å²) in [5.41, 5.74) is 7.60. The van der Waals surface area contributed by atoms with Gasteiger partial charge in [0.2, 0.25) is 21.8 Å². The predicted molar refractivity (Wildman–Crippen MR) is 224 cm³/mol. The van der Waals surface area contributed by atoms with Gasteiger partial charge < -0.3 is 14.8 Å². The van der Waals surface area contributed by atoms with Gasteiger partial charge >= 0.3 is 0 Å². The Morgan fingerprint density at radius 3 is 2.63 bits per heavy atom. The minimum Gasteiger partial charge on any atom is -0.433 e. The van der Waals surface area contributed by atoms with Crippen molar-refractivity contribution in [3.63, 3.8) is 0 Å². The molecule has 2 aliphatic carbocycles. The Morgan fingerprint density at radius 1 is 1.00 bits per heavy atom. The molecule has 0 radical (unpaired) electrons. The molecule has 3 N–H and O–H groups in total. The van der Waals surface area contributed by atoms with E-state index in [1.54, 1.807) is 6.20 Å². The second-order valence-corrected chi connectivity index (χ2v) is 18.7. The van der Waals surface area contributed by atoms with Crippen molar-refractivity contribution in [1.82, 2.24) is 29.5 Å². The standard InChI is InChI=1S/C44H43ClFN7O5S/c1-24-30(32-6-3-7-35(38(32)45)49-42-40-26(12-15-47-42)18-25(20-48-40)21-52-16-14-28(54)23-52)4-2-5-31(24)44-50-36-19-34-33(39(46)41(36)58-44)10-11-37(34)53-17-13-27(22-53)43(55)51-59(56,57)29-8-9-29/h2-7,12,15,18-20,27-29,37,54H,8-11,13-14,16-17,21-23H2,1H3,(H,47,49)(H,51,55)/t27-,28-,37-/m1/s1. The molecular weight excluding hydrogens is 793 g/mol. The number of sulfonamides is 1. The zero-order valence-corrected chi connectivity index (χ0v) is 34.0. The number of aliphatic hydroxyl groups is 1. The lowest BCUT2D eigenvalue weighted by molar-refractivity contribution is -0.122. The van der Waals surface area contributed by atoms with Crippen molar-refractivity contribution in [1.29, 1.82) is 0 Å². The van der Waals surface area contributed by atoms with Crippen molar-refractivity contribution in [2.45, 2.75) is 69.4 Å². The molecular formula is C44H43ClFN7O5S. The predicted octanol–water partition coefficient (Wildman–Crippen LogP) is 7.43. The minimum absolute atomic E-state index is 0.107. The number of benzene rings is 3. The van der Waals surface area contributed by atoms with Crippen molar-refractivity contribution in [3.05, 3.63) is 100 Å². The number of nitrogens with zero attached hydrogens (tertiary/aromatic N) is 5. The monoisotopic (exact) mass is 835 g/mol. The summed E-state index contributed by atoms with van der Waals surface area (Å²) in [6.07, 6.45) is 7.04. The first kappa shape index (κ1) is 38.2. The largest absolute Gasteiger partial charge is 0.433 e. The molecule has 2 aliphatic heterocycles. The van der Waals surface area contributed by atoms with Crippen LogP contribution >= 0.6 is 11.6 Å². The molecule has 3 aromatic heterocycles. The summed E-state index contributed by atoms with van der Waals surface area (Å²) < 4.78 is 49.5. The van der Waals surface area contributed by atoms with Gasteiger partial charge in [-0.3, -0.25) is 24.3 Å². The van der Waals surface area contributed by atoms with E-state index in [4.69, 9.17) is 26.0 Å². The molecule has 3 atom stereocenters. The van der Waals surface area contributed by atoms with E-state index in [9.17, 15) is 18.3 Å². The van der Waals surface area contributed by atoms with E-state index in [2.05, 4.69) is 30.9 Å². The third-order valence-corrected chi connectivity index (χ3v) is 14.7. The average Bonchev–Trinajstić information content (AvgIpc) is 3.49. The van der Waals surface area contributed by atoms with Crippen LogP contribution in [0.2, 0.25) is 5.02 Å². The molecule has 5 heterocycles. The van der Waals surface area contributed by atoms with Crippen LogP contribution in [0.25, 0.3) is 44.6 Å². The van der Waals surface area contributed by atoms with E-state index in [0.29, 0.717) is 96.3 Å².